The highest BCUT2D eigenvalue weighted by Gasteiger charge is 2.23. The van der Waals surface area contributed by atoms with E-state index in [1.54, 1.807) is 0 Å². The van der Waals surface area contributed by atoms with E-state index in [4.69, 9.17) is 0 Å². The number of hydrazine groups is 1. The van der Waals surface area contributed by atoms with Gasteiger partial charge in [-0.3, -0.25) is 10.9 Å². The van der Waals surface area contributed by atoms with Crippen molar-refractivity contribution in [1.82, 2.24) is 10.9 Å². The molecule has 0 aromatic rings. The summed E-state index contributed by atoms with van der Waals surface area (Å²) in [6, 6.07) is 0.273. The molecule has 0 aromatic heterocycles. The van der Waals surface area contributed by atoms with E-state index in [0.717, 1.165) is 19.3 Å². The molecule has 3 heteroatoms. The molecule has 1 unspecified atom stereocenters. The van der Waals surface area contributed by atoms with E-state index in [0.29, 0.717) is 0 Å². The number of aliphatic hydroxyl groups is 1. The monoisotopic (exact) mass is 130 g/mol. The smallest absolute Gasteiger partial charge is 0.0706 e. The van der Waals surface area contributed by atoms with Gasteiger partial charge >= 0.3 is 0 Å². The first-order valence-electron chi connectivity index (χ1n) is 3.45. The molecule has 0 radical (unpaired) electrons. The molecule has 0 heterocycles. The minimum atomic E-state index is -0.141. The first kappa shape index (κ1) is 6.99. The van der Waals surface area contributed by atoms with Crippen molar-refractivity contribution in [2.45, 2.75) is 31.4 Å². The van der Waals surface area contributed by atoms with Crippen LogP contribution in [0.4, 0.5) is 0 Å². The van der Waals surface area contributed by atoms with Crippen molar-refractivity contribution >= 4 is 0 Å². The molecule has 0 spiro atoms. The third kappa shape index (κ3) is 1.64. The second kappa shape index (κ2) is 3.15. The average Bonchev–Trinajstić information content (AvgIpc) is 2.18. The van der Waals surface area contributed by atoms with Crippen LogP contribution in [0, 0.1) is 0 Å². The molecule has 3 nitrogen and oxygen atoms in total. The third-order valence-electron chi connectivity index (χ3n) is 1.81. The van der Waals surface area contributed by atoms with Crippen LogP contribution in [0.1, 0.15) is 19.3 Å². The van der Waals surface area contributed by atoms with Gasteiger partial charge in [0.1, 0.15) is 0 Å². The van der Waals surface area contributed by atoms with Gasteiger partial charge in [0.05, 0.1) is 6.10 Å². The molecule has 54 valence electrons. The lowest BCUT2D eigenvalue weighted by Crippen LogP contribution is -2.42. The van der Waals surface area contributed by atoms with Crippen LogP contribution in [-0.2, 0) is 0 Å². The number of rotatable bonds is 2. The lowest BCUT2D eigenvalue weighted by atomic mass is 10.2. The minimum absolute atomic E-state index is 0.141. The van der Waals surface area contributed by atoms with Crippen LogP contribution in [0.15, 0.2) is 0 Å². The predicted molar refractivity (Wildman–Crippen MR) is 35.8 cm³/mol. The third-order valence-corrected chi connectivity index (χ3v) is 1.81. The Kier molecular flexibility index (Phi) is 2.45. The molecule has 0 saturated heterocycles. The SMILES string of the molecule is CNN[C@H]1CCCC1O. The summed E-state index contributed by atoms with van der Waals surface area (Å²) in [7, 11) is 1.82. The summed E-state index contributed by atoms with van der Waals surface area (Å²) in [5, 5.41) is 9.22. The molecule has 1 saturated carbocycles. The zero-order valence-electron chi connectivity index (χ0n) is 5.72. The van der Waals surface area contributed by atoms with Gasteiger partial charge in [-0.25, -0.2) is 0 Å². The first-order valence-corrected chi connectivity index (χ1v) is 3.45. The van der Waals surface area contributed by atoms with Crippen molar-refractivity contribution in [2.24, 2.45) is 0 Å². The summed E-state index contributed by atoms with van der Waals surface area (Å²) >= 11 is 0. The molecule has 0 bridgehead atoms. The van der Waals surface area contributed by atoms with Crippen molar-refractivity contribution in [3.63, 3.8) is 0 Å². The van der Waals surface area contributed by atoms with Gasteiger partial charge in [-0.05, 0) is 26.3 Å². The molecule has 0 amide bonds. The van der Waals surface area contributed by atoms with Gasteiger partial charge < -0.3 is 5.11 Å². The lowest BCUT2D eigenvalue weighted by molar-refractivity contribution is 0.143. The molecular weight excluding hydrogens is 116 g/mol. The van der Waals surface area contributed by atoms with E-state index >= 15 is 0 Å². The van der Waals surface area contributed by atoms with Gasteiger partial charge in [0.2, 0.25) is 0 Å². The molecule has 1 aliphatic rings. The Balaban J connectivity index is 2.22. The van der Waals surface area contributed by atoms with E-state index in [2.05, 4.69) is 10.9 Å². The van der Waals surface area contributed by atoms with Crippen molar-refractivity contribution in [2.75, 3.05) is 7.05 Å². The Morgan fingerprint density at radius 1 is 1.44 bits per heavy atom. The summed E-state index contributed by atoms with van der Waals surface area (Å²) in [6.07, 6.45) is 3.03. The van der Waals surface area contributed by atoms with Crippen molar-refractivity contribution < 1.29 is 5.11 Å². The van der Waals surface area contributed by atoms with E-state index in [9.17, 15) is 5.11 Å². The minimum Gasteiger partial charge on any atom is -0.391 e. The number of nitrogens with one attached hydrogen (secondary N) is 2. The average molecular weight is 130 g/mol. The molecule has 1 aliphatic carbocycles. The molecule has 9 heavy (non-hydrogen) atoms. The van der Waals surface area contributed by atoms with E-state index < -0.39 is 0 Å². The fourth-order valence-corrected chi connectivity index (χ4v) is 1.29. The second-order valence-electron chi connectivity index (χ2n) is 2.50. The normalized spacial score (nSPS) is 35.3. The quantitative estimate of drug-likeness (QED) is 0.447. The maximum absolute atomic E-state index is 9.22. The largest absolute Gasteiger partial charge is 0.391 e. The Morgan fingerprint density at radius 2 is 2.22 bits per heavy atom. The van der Waals surface area contributed by atoms with Crippen LogP contribution in [0.2, 0.25) is 0 Å². The van der Waals surface area contributed by atoms with E-state index in [1.807, 2.05) is 7.05 Å². The second-order valence-corrected chi connectivity index (χ2v) is 2.50. The Bertz CT molecular complexity index is 87.1. The van der Waals surface area contributed by atoms with Crippen LogP contribution in [0.3, 0.4) is 0 Å². The molecule has 1 fully saturated rings. The maximum Gasteiger partial charge on any atom is 0.0706 e. The Morgan fingerprint density at radius 3 is 2.67 bits per heavy atom. The summed E-state index contributed by atoms with van der Waals surface area (Å²) in [6.45, 7) is 0. The summed E-state index contributed by atoms with van der Waals surface area (Å²) < 4.78 is 0. The van der Waals surface area contributed by atoms with Crippen LogP contribution >= 0.6 is 0 Å². The van der Waals surface area contributed by atoms with Gasteiger partial charge in [0.15, 0.2) is 0 Å². The fraction of sp³-hybridized carbons (Fsp3) is 1.00. The number of aliphatic hydroxyl groups excluding tert-OH is 1. The Hall–Kier alpha value is -0.120. The number of hydrogen-bond donors (Lipinski definition) is 3. The highest BCUT2D eigenvalue weighted by atomic mass is 16.3. The van der Waals surface area contributed by atoms with E-state index in [1.165, 1.54) is 0 Å². The highest BCUT2D eigenvalue weighted by Crippen LogP contribution is 2.17. The topological polar surface area (TPSA) is 44.3 Å². The van der Waals surface area contributed by atoms with Crippen LogP contribution in [0.5, 0.6) is 0 Å². The van der Waals surface area contributed by atoms with Gasteiger partial charge in [-0.15, -0.1) is 0 Å². The standard InChI is InChI=1S/C6H14N2O/c1-7-8-5-3-2-4-6(5)9/h5-9H,2-4H2,1H3/t5-,6?/m0/s1. The predicted octanol–water partition coefficient (Wildman–Crippen LogP) is -0.376. The van der Waals surface area contributed by atoms with Crippen LogP contribution < -0.4 is 10.9 Å². The molecule has 3 N–H and O–H groups in total. The van der Waals surface area contributed by atoms with Crippen molar-refractivity contribution in [3.05, 3.63) is 0 Å². The zero-order valence-corrected chi connectivity index (χ0v) is 5.72. The first-order chi connectivity index (χ1) is 4.34. The maximum atomic E-state index is 9.22. The Labute approximate surface area is 55.4 Å². The molecule has 0 aliphatic heterocycles. The summed E-state index contributed by atoms with van der Waals surface area (Å²) in [4.78, 5) is 0. The molecular formula is C6H14N2O. The number of hydrogen-bond acceptors (Lipinski definition) is 3. The van der Waals surface area contributed by atoms with Crippen LogP contribution in [-0.4, -0.2) is 24.3 Å². The molecule has 1 rings (SSSR count). The molecule has 2 atom stereocenters. The summed E-state index contributed by atoms with van der Waals surface area (Å²) in [5.74, 6) is 0. The lowest BCUT2D eigenvalue weighted by Gasteiger charge is -2.14. The van der Waals surface area contributed by atoms with Gasteiger partial charge in [0, 0.05) is 6.04 Å². The summed E-state index contributed by atoms with van der Waals surface area (Å²) in [5.41, 5.74) is 5.82. The zero-order chi connectivity index (χ0) is 6.69. The van der Waals surface area contributed by atoms with Crippen LogP contribution in [0.25, 0.3) is 0 Å². The fourth-order valence-electron chi connectivity index (χ4n) is 1.29. The van der Waals surface area contributed by atoms with Crippen molar-refractivity contribution in [3.8, 4) is 0 Å². The van der Waals surface area contributed by atoms with Gasteiger partial charge in [0.25, 0.3) is 0 Å². The highest BCUT2D eigenvalue weighted by molar-refractivity contribution is 4.80. The van der Waals surface area contributed by atoms with Gasteiger partial charge in [-0.1, -0.05) is 0 Å². The van der Waals surface area contributed by atoms with E-state index in [-0.39, 0.29) is 12.1 Å². The van der Waals surface area contributed by atoms with Crippen molar-refractivity contribution in [1.29, 1.82) is 0 Å². The van der Waals surface area contributed by atoms with Gasteiger partial charge in [-0.2, -0.15) is 0 Å². The molecule has 0 aromatic carbocycles.